The molecule has 1 aliphatic heterocycles. The van der Waals surface area contributed by atoms with Crippen LogP contribution in [-0.2, 0) is 11.3 Å². The number of rotatable bonds is 7. The van der Waals surface area contributed by atoms with Gasteiger partial charge in [-0.05, 0) is 49.6 Å². The predicted octanol–water partition coefficient (Wildman–Crippen LogP) is 3.14. The van der Waals surface area contributed by atoms with E-state index in [4.69, 9.17) is 15.5 Å². The van der Waals surface area contributed by atoms with Crippen LogP contribution in [0.4, 0.5) is 10.3 Å². The number of likely N-dealkylation sites (tertiary alicyclic amines) is 1. The zero-order valence-electron chi connectivity index (χ0n) is 22.3. The fourth-order valence-electron chi connectivity index (χ4n) is 5.15. The van der Waals surface area contributed by atoms with Crippen LogP contribution >= 0.6 is 0 Å². The van der Waals surface area contributed by atoms with Crippen molar-refractivity contribution in [3.05, 3.63) is 77.4 Å². The summed E-state index contributed by atoms with van der Waals surface area (Å²) in [5, 5.41) is 12.6. The van der Waals surface area contributed by atoms with Gasteiger partial charge in [-0.25, -0.2) is 14.4 Å². The van der Waals surface area contributed by atoms with E-state index in [1.807, 2.05) is 30.3 Å². The largest absolute Gasteiger partial charge is 0.496 e. The molecule has 11 heteroatoms. The molecule has 2 atom stereocenters. The maximum absolute atomic E-state index is 13.7. The molecule has 2 amide bonds. The van der Waals surface area contributed by atoms with E-state index >= 15 is 0 Å². The van der Waals surface area contributed by atoms with Crippen LogP contribution in [0.25, 0.3) is 16.9 Å². The van der Waals surface area contributed by atoms with Crippen molar-refractivity contribution in [3.63, 3.8) is 0 Å². The Labute approximate surface area is 230 Å². The van der Waals surface area contributed by atoms with Gasteiger partial charge in [-0.2, -0.15) is 0 Å². The third kappa shape index (κ3) is 5.32. The highest BCUT2D eigenvalue weighted by molar-refractivity contribution is 5.96. The highest BCUT2D eigenvalue weighted by Crippen LogP contribution is 2.34. The van der Waals surface area contributed by atoms with Gasteiger partial charge in [-0.3, -0.25) is 14.0 Å². The molecule has 0 aliphatic carbocycles. The minimum Gasteiger partial charge on any atom is -0.496 e. The zero-order valence-corrected chi connectivity index (χ0v) is 22.3. The lowest BCUT2D eigenvalue weighted by molar-refractivity contribution is -0.140. The average Bonchev–Trinajstić information content (AvgIpc) is 3.37. The molecular formula is C29H31FN6O4. The third-order valence-corrected chi connectivity index (χ3v) is 7.16. The Kier molecular flexibility index (Phi) is 7.65. The van der Waals surface area contributed by atoms with Gasteiger partial charge in [0, 0.05) is 37.3 Å². The van der Waals surface area contributed by atoms with Gasteiger partial charge in [0.15, 0.2) is 0 Å². The molecule has 0 spiro atoms. The molecule has 4 aromatic rings. The van der Waals surface area contributed by atoms with Crippen LogP contribution in [0.3, 0.4) is 0 Å². The van der Waals surface area contributed by atoms with Gasteiger partial charge in [0.05, 0.1) is 23.9 Å². The fourth-order valence-corrected chi connectivity index (χ4v) is 5.15. The van der Waals surface area contributed by atoms with Crippen molar-refractivity contribution >= 4 is 23.3 Å². The lowest BCUT2D eigenvalue weighted by Gasteiger charge is -2.33. The molecule has 40 heavy (non-hydrogen) atoms. The molecular weight excluding hydrogens is 515 g/mol. The number of hydrogen-bond acceptors (Lipinski definition) is 7. The van der Waals surface area contributed by atoms with Gasteiger partial charge < -0.3 is 25.8 Å². The highest BCUT2D eigenvalue weighted by atomic mass is 19.1. The van der Waals surface area contributed by atoms with Crippen LogP contribution in [0.5, 0.6) is 5.75 Å². The molecule has 1 fully saturated rings. The highest BCUT2D eigenvalue weighted by Gasteiger charge is 2.30. The number of methoxy groups -OCH3 is 1. The van der Waals surface area contributed by atoms with Crippen molar-refractivity contribution in [2.45, 2.75) is 38.3 Å². The summed E-state index contributed by atoms with van der Waals surface area (Å²) >= 11 is 0. The number of ether oxygens (including phenoxy) is 1. The molecule has 0 radical (unpaired) electrons. The van der Waals surface area contributed by atoms with Crippen LogP contribution in [0.2, 0.25) is 0 Å². The molecule has 2 aromatic carbocycles. The summed E-state index contributed by atoms with van der Waals surface area (Å²) in [5.74, 6) is -0.0678. The lowest BCUT2D eigenvalue weighted by atomic mass is 9.94. The van der Waals surface area contributed by atoms with Crippen LogP contribution in [0, 0.1) is 5.82 Å². The van der Waals surface area contributed by atoms with Crippen molar-refractivity contribution in [2.24, 2.45) is 0 Å². The molecule has 5 rings (SSSR count). The van der Waals surface area contributed by atoms with Gasteiger partial charge >= 0.3 is 0 Å². The number of hydrogen-bond donors (Lipinski definition) is 3. The number of nitrogens with one attached hydrogen (secondary N) is 1. The number of carbonyl (C=O) groups excluding carboxylic acids is 2. The second kappa shape index (κ2) is 11.3. The first-order valence-electron chi connectivity index (χ1n) is 13.1. The molecule has 4 N–H and O–H groups in total. The van der Waals surface area contributed by atoms with E-state index in [2.05, 4.69) is 10.3 Å². The molecule has 1 saturated heterocycles. The van der Waals surface area contributed by atoms with Crippen molar-refractivity contribution in [2.75, 3.05) is 25.9 Å². The summed E-state index contributed by atoms with van der Waals surface area (Å²) in [6.45, 7) is 2.78. The number of anilines is 1. The first-order valence-corrected chi connectivity index (χ1v) is 13.1. The molecule has 0 saturated carbocycles. The first kappa shape index (κ1) is 27.1. The van der Waals surface area contributed by atoms with E-state index in [0.29, 0.717) is 30.6 Å². The van der Waals surface area contributed by atoms with Gasteiger partial charge in [-0.15, -0.1) is 0 Å². The van der Waals surface area contributed by atoms with Gasteiger partial charge in [0.2, 0.25) is 5.95 Å². The summed E-state index contributed by atoms with van der Waals surface area (Å²) in [6.07, 6.45) is 2.25. The van der Waals surface area contributed by atoms with Crippen LogP contribution in [0.15, 0.2) is 54.7 Å². The average molecular weight is 547 g/mol. The summed E-state index contributed by atoms with van der Waals surface area (Å²) in [7, 11) is 1.43. The number of aliphatic hydroxyl groups is 1. The maximum Gasteiger partial charge on any atom is 0.255 e. The molecule has 2 aromatic heterocycles. The van der Waals surface area contributed by atoms with Gasteiger partial charge in [-0.1, -0.05) is 24.3 Å². The summed E-state index contributed by atoms with van der Waals surface area (Å²) in [5.41, 5.74) is 9.68. The number of nitrogens with two attached hydrogens (primary N) is 1. The summed E-state index contributed by atoms with van der Waals surface area (Å²) in [6, 6.07) is 13.2. The summed E-state index contributed by atoms with van der Waals surface area (Å²) in [4.78, 5) is 36.0. The number of benzene rings is 2. The van der Waals surface area contributed by atoms with Gasteiger partial charge in [0.25, 0.3) is 11.8 Å². The monoisotopic (exact) mass is 546 g/mol. The number of fused-ring (bicyclic) bond motifs is 1. The Balaban J connectivity index is 1.38. The van der Waals surface area contributed by atoms with Crippen LogP contribution in [-0.4, -0.2) is 62.5 Å². The van der Waals surface area contributed by atoms with E-state index in [1.54, 1.807) is 15.5 Å². The smallest absolute Gasteiger partial charge is 0.255 e. The Hall–Kier alpha value is -4.51. The number of piperidine rings is 1. The van der Waals surface area contributed by atoms with Crippen LogP contribution in [0.1, 0.15) is 47.3 Å². The second-order valence-electron chi connectivity index (χ2n) is 9.87. The van der Waals surface area contributed by atoms with E-state index in [0.717, 1.165) is 41.2 Å². The van der Waals surface area contributed by atoms with Crippen molar-refractivity contribution in [3.8, 4) is 17.1 Å². The predicted molar refractivity (Wildman–Crippen MR) is 147 cm³/mol. The Morgan fingerprint density at radius 3 is 2.73 bits per heavy atom. The topological polar surface area (TPSA) is 135 Å². The summed E-state index contributed by atoms with van der Waals surface area (Å²) < 4.78 is 20.7. The lowest BCUT2D eigenvalue weighted by Crippen LogP contribution is -2.43. The number of amides is 2. The Morgan fingerprint density at radius 1 is 1.23 bits per heavy atom. The van der Waals surface area contributed by atoms with E-state index in [-0.39, 0.29) is 23.9 Å². The zero-order chi connectivity index (χ0) is 28.4. The number of aromatic nitrogens is 3. The Morgan fingerprint density at radius 2 is 2.00 bits per heavy atom. The number of halogens is 1. The number of aliphatic hydroxyl groups excluding tert-OH is 1. The minimum atomic E-state index is -1.05. The normalized spacial score (nSPS) is 16.1. The van der Waals surface area contributed by atoms with Crippen molar-refractivity contribution in [1.29, 1.82) is 0 Å². The molecule has 10 nitrogen and oxygen atoms in total. The third-order valence-electron chi connectivity index (χ3n) is 7.16. The molecule has 0 bridgehead atoms. The number of imidazole rings is 1. The van der Waals surface area contributed by atoms with E-state index in [1.165, 1.54) is 26.2 Å². The fraction of sp³-hybridized carbons (Fsp3) is 0.310. The SMILES string of the molecule is COc1ccc(F)cc1C(=O)NCc1ccc(-c2nc(C3CCCN(C(=O)[C@@H](C)O)C3)c3ccnc(N)n23)cc1. The molecule has 1 unspecified atom stereocenters. The molecule has 1 aliphatic rings. The standard InChI is InChI=1S/C29H31FN6O4/c1-17(37)28(39)35-13-3-4-20(16-35)25-23-11-12-32-29(31)36(23)26(34-25)19-7-5-18(6-8-19)15-33-27(38)22-14-21(30)9-10-24(22)40-2/h5-12,14,17,20,37H,3-4,13,15-16H2,1-2H3,(H2,31,32)(H,33,38)/t17-,20?/m1/s1. The first-order chi connectivity index (χ1) is 19.3. The number of carbonyl (C=O) groups is 2. The van der Waals surface area contributed by atoms with E-state index in [9.17, 15) is 19.1 Å². The molecule has 3 heterocycles. The van der Waals surface area contributed by atoms with E-state index < -0.39 is 17.8 Å². The van der Waals surface area contributed by atoms with Crippen molar-refractivity contribution < 1.29 is 23.8 Å². The van der Waals surface area contributed by atoms with Gasteiger partial charge in [0.1, 0.15) is 23.5 Å². The quantitative estimate of drug-likeness (QED) is 0.324. The Bertz CT molecular complexity index is 1550. The van der Waals surface area contributed by atoms with Crippen molar-refractivity contribution in [1.82, 2.24) is 24.6 Å². The number of nitrogens with zero attached hydrogens (tertiary/aromatic N) is 4. The van der Waals surface area contributed by atoms with Crippen LogP contribution < -0.4 is 15.8 Å². The molecule has 208 valence electrons. The minimum absolute atomic E-state index is 0.0173. The number of nitrogen functional groups attached to an aromatic ring is 1. The maximum atomic E-state index is 13.7. The second-order valence-corrected chi connectivity index (χ2v) is 9.87.